The smallest absolute Gasteiger partial charge is 0.416 e. The van der Waals surface area contributed by atoms with Crippen molar-refractivity contribution in [3.8, 4) is 5.75 Å². The predicted molar refractivity (Wildman–Crippen MR) is 141 cm³/mol. The molecule has 1 heterocycles. The Morgan fingerprint density at radius 1 is 1.10 bits per heavy atom. The monoisotopic (exact) mass is 576 g/mol. The Morgan fingerprint density at radius 2 is 1.75 bits per heavy atom. The van der Waals surface area contributed by atoms with Crippen LogP contribution in [0.1, 0.15) is 46.3 Å². The second kappa shape index (κ2) is 11.3. The number of aliphatic hydroxyl groups is 1. The summed E-state index contributed by atoms with van der Waals surface area (Å²) in [5.74, 6) is -1.88. The standard InChI is InChI=1S/C28H27F3N2O6S/c1-2-40(37,38)21-10-3-17(4-11-21)24(16-34)23-15-19(7-12-22(23)26(32)35)33-14-13-25(27(33)36)39-20-8-5-18(6-9-20)28(29,30)31/h3-12,15,24-25,34H,2,13-14,16H2,1H3,(H2,32,35)/t24-,25-/m1/s1. The van der Waals surface area contributed by atoms with Gasteiger partial charge in [0.2, 0.25) is 5.91 Å². The summed E-state index contributed by atoms with van der Waals surface area (Å²) in [5.41, 5.74) is 6.17. The molecule has 212 valence electrons. The molecule has 2 atom stereocenters. The van der Waals surface area contributed by atoms with E-state index in [1.807, 2.05) is 0 Å². The van der Waals surface area contributed by atoms with E-state index in [9.17, 15) is 36.3 Å². The number of primary amides is 1. The van der Waals surface area contributed by atoms with Crippen LogP contribution in [-0.2, 0) is 20.8 Å². The number of carbonyl (C=O) groups is 2. The highest BCUT2D eigenvalue weighted by Crippen LogP contribution is 2.34. The van der Waals surface area contributed by atoms with Gasteiger partial charge >= 0.3 is 6.18 Å². The van der Waals surface area contributed by atoms with Gasteiger partial charge in [-0.2, -0.15) is 13.2 Å². The number of halogens is 3. The summed E-state index contributed by atoms with van der Waals surface area (Å²) in [7, 11) is -3.44. The van der Waals surface area contributed by atoms with Crippen LogP contribution in [0.4, 0.5) is 18.9 Å². The molecular weight excluding hydrogens is 549 g/mol. The Labute approximate surface area is 229 Å². The third kappa shape index (κ3) is 5.97. The molecule has 0 unspecified atom stereocenters. The van der Waals surface area contributed by atoms with E-state index in [4.69, 9.17) is 10.5 Å². The molecule has 1 aliphatic rings. The molecule has 0 radical (unpaired) electrons. The Morgan fingerprint density at radius 3 is 2.30 bits per heavy atom. The molecule has 0 aromatic heterocycles. The van der Waals surface area contributed by atoms with Crippen molar-refractivity contribution in [1.82, 2.24) is 0 Å². The maximum atomic E-state index is 13.2. The Bertz CT molecular complexity index is 1510. The van der Waals surface area contributed by atoms with Crippen LogP contribution >= 0.6 is 0 Å². The van der Waals surface area contributed by atoms with Gasteiger partial charge in [0.1, 0.15) is 5.75 Å². The number of rotatable bonds is 9. The van der Waals surface area contributed by atoms with E-state index in [0.717, 1.165) is 24.3 Å². The average Bonchev–Trinajstić information content (AvgIpc) is 3.28. The van der Waals surface area contributed by atoms with Crippen molar-refractivity contribution in [3.63, 3.8) is 0 Å². The van der Waals surface area contributed by atoms with Gasteiger partial charge in [0.25, 0.3) is 5.91 Å². The molecule has 4 rings (SSSR count). The molecule has 3 N–H and O–H groups in total. The van der Waals surface area contributed by atoms with Crippen molar-refractivity contribution in [1.29, 1.82) is 0 Å². The molecule has 0 bridgehead atoms. The molecule has 0 saturated carbocycles. The zero-order valence-electron chi connectivity index (χ0n) is 21.4. The van der Waals surface area contributed by atoms with Gasteiger partial charge in [-0.05, 0) is 65.7 Å². The maximum absolute atomic E-state index is 13.2. The topological polar surface area (TPSA) is 127 Å². The van der Waals surface area contributed by atoms with Gasteiger partial charge in [0, 0.05) is 30.1 Å². The van der Waals surface area contributed by atoms with Crippen molar-refractivity contribution in [3.05, 3.63) is 89.0 Å². The van der Waals surface area contributed by atoms with E-state index in [0.29, 0.717) is 16.8 Å². The number of carbonyl (C=O) groups excluding carboxylic acids is 2. The third-order valence-corrected chi connectivity index (χ3v) is 8.56. The lowest BCUT2D eigenvalue weighted by atomic mass is 9.88. The van der Waals surface area contributed by atoms with Gasteiger partial charge in [0.15, 0.2) is 15.9 Å². The lowest BCUT2D eigenvalue weighted by Crippen LogP contribution is -2.32. The minimum absolute atomic E-state index is 0.0723. The normalized spacial score (nSPS) is 16.7. The molecule has 40 heavy (non-hydrogen) atoms. The van der Waals surface area contributed by atoms with E-state index in [1.54, 1.807) is 18.2 Å². The van der Waals surface area contributed by atoms with E-state index in [2.05, 4.69) is 0 Å². The summed E-state index contributed by atoms with van der Waals surface area (Å²) in [4.78, 5) is 26.9. The van der Waals surface area contributed by atoms with Gasteiger partial charge in [-0.15, -0.1) is 0 Å². The number of hydrogen-bond acceptors (Lipinski definition) is 6. The quantitative estimate of drug-likeness (QED) is 0.398. The number of benzene rings is 3. The molecule has 0 spiro atoms. The van der Waals surface area contributed by atoms with Gasteiger partial charge in [-0.1, -0.05) is 19.1 Å². The number of amides is 2. The fourth-order valence-corrected chi connectivity index (χ4v) is 5.48. The number of aliphatic hydroxyl groups excluding tert-OH is 1. The molecular formula is C28H27F3N2O6S. The predicted octanol–water partition coefficient (Wildman–Crippen LogP) is 3.91. The van der Waals surface area contributed by atoms with Crippen LogP contribution in [0.15, 0.2) is 71.6 Å². The fourth-order valence-electron chi connectivity index (χ4n) is 4.59. The zero-order chi connectivity index (χ0) is 29.2. The van der Waals surface area contributed by atoms with Gasteiger partial charge in [-0.25, -0.2) is 8.42 Å². The number of hydrogen-bond donors (Lipinski definition) is 2. The minimum atomic E-state index is -4.49. The van der Waals surface area contributed by atoms with Crippen LogP contribution in [0.2, 0.25) is 0 Å². The molecule has 1 fully saturated rings. The summed E-state index contributed by atoms with van der Waals surface area (Å²) < 4.78 is 68.5. The van der Waals surface area contributed by atoms with Crippen LogP contribution in [0.25, 0.3) is 0 Å². The van der Waals surface area contributed by atoms with Crippen LogP contribution in [0.5, 0.6) is 5.75 Å². The number of alkyl halides is 3. The number of ether oxygens (including phenoxy) is 1. The molecule has 1 saturated heterocycles. The number of anilines is 1. The Kier molecular flexibility index (Phi) is 8.22. The molecule has 0 aliphatic carbocycles. The molecule has 2 amide bonds. The van der Waals surface area contributed by atoms with Crippen molar-refractivity contribution in [2.45, 2.75) is 36.4 Å². The van der Waals surface area contributed by atoms with Crippen LogP contribution in [-0.4, -0.2) is 50.3 Å². The maximum Gasteiger partial charge on any atom is 0.416 e. The highest BCUT2D eigenvalue weighted by atomic mass is 32.2. The average molecular weight is 577 g/mol. The van der Waals surface area contributed by atoms with Crippen molar-refractivity contribution >= 4 is 27.3 Å². The fraction of sp³-hybridized carbons (Fsp3) is 0.286. The zero-order valence-corrected chi connectivity index (χ0v) is 22.2. The molecule has 1 aliphatic heterocycles. The van der Waals surface area contributed by atoms with Crippen LogP contribution < -0.4 is 15.4 Å². The largest absolute Gasteiger partial charge is 0.481 e. The minimum Gasteiger partial charge on any atom is -0.481 e. The van der Waals surface area contributed by atoms with E-state index in [1.165, 1.54) is 36.1 Å². The highest BCUT2D eigenvalue weighted by Gasteiger charge is 2.36. The first-order valence-corrected chi connectivity index (χ1v) is 14.0. The van der Waals surface area contributed by atoms with Crippen molar-refractivity contribution in [2.24, 2.45) is 5.73 Å². The number of sulfone groups is 1. The first-order valence-electron chi connectivity index (χ1n) is 12.4. The van der Waals surface area contributed by atoms with Gasteiger partial charge in [0.05, 0.1) is 22.8 Å². The van der Waals surface area contributed by atoms with E-state index >= 15 is 0 Å². The SMILES string of the molecule is CCS(=O)(=O)c1ccc([C@@H](CO)c2cc(N3CC[C@@H](Oc4ccc(C(F)(F)F)cc4)C3=O)ccc2C(N)=O)cc1. The first-order chi connectivity index (χ1) is 18.9. The molecule has 8 nitrogen and oxygen atoms in total. The molecule has 12 heteroatoms. The summed E-state index contributed by atoms with van der Waals surface area (Å²) in [6, 6.07) is 14.6. The van der Waals surface area contributed by atoms with Crippen LogP contribution in [0.3, 0.4) is 0 Å². The second-order valence-electron chi connectivity index (χ2n) is 9.25. The Hall–Kier alpha value is -3.90. The third-order valence-electron chi connectivity index (χ3n) is 6.81. The summed E-state index contributed by atoms with van der Waals surface area (Å²) in [5, 5.41) is 10.3. The Balaban J connectivity index is 1.60. The van der Waals surface area contributed by atoms with E-state index in [-0.39, 0.29) is 34.9 Å². The summed E-state index contributed by atoms with van der Waals surface area (Å²) in [6.07, 6.45) is -5.16. The number of nitrogens with zero attached hydrogens (tertiary/aromatic N) is 1. The van der Waals surface area contributed by atoms with Gasteiger partial charge < -0.3 is 20.5 Å². The van der Waals surface area contributed by atoms with E-state index < -0.39 is 52.0 Å². The van der Waals surface area contributed by atoms with Crippen LogP contribution in [0, 0.1) is 0 Å². The first kappa shape index (κ1) is 29.1. The van der Waals surface area contributed by atoms with Gasteiger partial charge in [-0.3, -0.25) is 9.59 Å². The highest BCUT2D eigenvalue weighted by molar-refractivity contribution is 7.91. The van der Waals surface area contributed by atoms with Crippen molar-refractivity contribution in [2.75, 3.05) is 23.8 Å². The second-order valence-corrected chi connectivity index (χ2v) is 11.5. The summed E-state index contributed by atoms with van der Waals surface area (Å²) >= 11 is 0. The lowest BCUT2D eigenvalue weighted by Gasteiger charge is -2.23. The molecule has 3 aromatic rings. The lowest BCUT2D eigenvalue weighted by molar-refractivity contribution is -0.137. The number of nitrogens with two attached hydrogens (primary N) is 1. The van der Waals surface area contributed by atoms with Crippen molar-refractivity contribution < 1.29 is 41.0 Å². The molecule has 3 aromatic carbocycles. The summed E-state index contributed by atoms with van der Waals surface area (Å²) in [6.45, 7) is 1.34.